The summed E-state index contributed by atoms with van der Waals surface area (Å²) in [7, 11) is 0. The molecular weight excluding hydrogens is 99.0 g/mol. The van der Waals surface area contributed by atoms with Crippen LogP contribution in [0, 0.1) is 0 Å². The van der Waals surface area contributed by atoms with E-state index in [0.29, 0.717) is 0 Å². The van der Waals surface area contributed by atoms with E-state index in [-0.39, 0.29) is 6.47 Å². The summed E-state index contributed by atoms with van der Waals surface area (Å²) in [6.07, 6.45) is 1.22. The summed E-state index contributed by atoms with van der Waals surface area (Å²) in [5, 5.41) is 6.89. The van der Waals surface area contributed by atoms with Crippen molar-refractivity contribution < 1.29 is 14.3 Å². The van der Waals surface area contributed by atoms with Crippen LogP contribution in [0.15, 0.2) is 0 Å². The van der Waals surface area contributed by atoms with Crippen molar-refractivity contribution in [2.45, 2.75) is 19.0 Å². The van der Waals surface area contributed by atoms with Gasteiger partial charge < -0.3 is 5.11 Å². The summed E-state index contributed by atoms with van der Waals surface area (Å²) in [5.74, 6) is 0. The van der Waals surface area contributed by atoms with Crippen LogP contribution in [0.3, 0.4) is 0 Å². The van der Waals surface area contributed by atoms with Crippen molar-refractivity contribution in [3.8, 4) is 0 Å². The Morgan fingerprint density at radius 3 is 1.86 bits per heavy atom. The number of carboxylic acid groups (broad SMARTS) is 1. The van der Waals surface area contributed by atoms with E-state index < -0.39 is 6.17 Å². The molecule has 1 saturated carbocycles. The quantitative estimate of drug-likeness (QED) is 0.464. The monoisotopic (exact) mass is 106 g/mol. The Balaban J connectivity index is 0.000000110. The summed E-state index contributed by atoms with van der Waals surface area (Å²) in [6.45, 7) is -0.250. The van der Waals surface area contributed by atoms with E-state index >= 15 is 0 Å². The number of rotatable bonds is 0. The minimum absolute atomic E-state index is 0.250. The van der Waals surface area contributed by atoms with Gasteiger partial charge >= 0.3 is 0 Å². The molecule has 0 unspecified atom stereocenters. The predicted octanol–water partition coefficient (Wildman–Crippen LogP) is 0.819. The third-order valence-electron chi connectivity index (χ3n) is 0.507. The first kappa shape index (κ1) is 6.40. The molecule has 2 nitrogen and oxygen atoms in total. The van der Waals surface area contributed by atoms with E-state index in [0.717, 1.165) is 12.8 Å². The van der Waals surface area contributed by atoms with Gasteiger partial charge in [-0.15, -0.1) is 0 Å². The summed E-state index contributed by atoms with van der Waals surface area (Å²) in [4.78, 5) is 8.36. The second-order valence-corrected chi connectivity index (χ2v) is 1.28. The van der Waals surface area contributed by atoms with Crippen LogP contribution in [0.2, 0.25) is 0 Å². The van der Waals surface area contributed by atoms with E-state index in [1.54, 1.807) is 0 Å². The summed E-state index contributed by atoms with van der Waals surface area (Å²) in [6, 6.07) is 0. The molecule has 0 aliphatic heterocycles. The van der Waals surface area contributed by atoms with Crippen molar-refractivity contribution in [1.29, 1.82) is 0 Å². The van der Waals surface area contributed by atoms with Crippen molar-refractivity contribution in [3.05, 3.63) is 0 Å². The van der Waals surface area contributed by atoms with Crippen molar-refractivity contribution in [2.24, 2.45) is 0 Å². The Morgan fingerprint density at radius 2 is 1.86 bits per heavy atom. The predicted molar refractivity (Wildman–Crippen MR) is 22.8 cm³/mol. The molecule has 1 N–H and O–H groups in total. The maximum Gasteiger partial charge on any atom is 0.290 e. The fourth-order valence-electron chi connectivity index (χ4n) is 0.0630. The smallest absolute Gasteiger partial charge is 0.290 e. The Kier molecular flexibility index (Phi) is 3.28. The fourth-order valence-corrected chi connectivity index (χ4v) is 0.0630. The van der Waals surface area contributed by atoms with E-state index in [1.165, 1.54) is 0 Å². The first-order chi connectivity index (χ1) is 3.31. The van der Waals surface area contributed by atoms with Gasteiger partial charge in [-0.1, -0.05) is 0 Å². The third kappa shape index (κ3) is 10.8. The molecule has 0 saturated heterocycles. The van der Waals surface area contributed by atoms with E-state index in [9.17, 15) is 4.39 Å². The van der Waals surface area contributed by atoms with Crippen molar-refractivity contribution in [2.75, 3.05) is 0 Å². The molecule has 1 fully saturated rings. The Bertz CT molecular complexity index is 51.7. The summed E-state index contributed by atoms with van der Waals surface area (Å²) >= 11 is 0. The molecule has 0 heterocycles. The van der Waals surface area contributed by atoms with Gasteiger partial charge in [0.25, 0.3) is 6.47 Å². The molecule has 0 radical (unpaired) electrons. The average Bonchev–Trinajstić information content (AvgIpc) is 2.25. The lowest BCUT2D eigenvalue weighted by Gasteiger charge is -1.50. The Hall–Kier alpha value is -0.600. The van der Waals surface area contributed by atoms with Gasteiger partial charge in [0.2, 0.25) is 0 Å². The van der Waals surface area contributed by atoms with Gasteiger partial charge in [0.15, 0.2) is 0 Å². The number of hydrogen-bond donors (Lipinski definition) is 1. The highest BCUT2D eigenvalue weighted by molar-refractivity contribution is 5.32. The molecular formula is C4H7FO2. The van der Waals surface area contributed by atoms with Crippen molar-refractivity contribution in [1.82, 2.24) is 0 Å². The molecule has 0 atom stereocenters. The summed E-state index contributed by atoms with van der Waals surface area (Å²) < 4.78 is 11.1. The van der Waals surface area contributed by atoms with Gasteiger partial charge in [0.05, 0.1) is 0 Å². The topological polar surface area (TPSA) is 37.3 Å². The van der Waals surface area contributed by atoms with Gasteiger partial charge in [0.1, 0.15) is 6.17 Å². The second kappa shape index (κ2) is 3.59. The molecule has 0 bridgehead atoms. The number of halogens is 1. The van der Waals surface area contributed by atoms with Gasteiger partial charge in [-0.25, -0.2) is 4.39 Å². The average molecular weight is 106 g/mol. The first-order valence-electron chi connectivity index (χ1n) is 2.03. The SMILES string of the molecule is FC1CC1.O=CO. The van der Waals surface area contributed by atoms with Crippen LogP contribution in [0.25, 0.3) is 0 Å². The third-order valence-corrected chi connectivity index (χ3v) is 0.507. The highest BCUT2D eigenvalue weighted by Gasteiger charge is 2.18. The molecule has 0 aromatic heterocycles. The van der Waals surface area contributed by atoms with Crippen LogP contribution in [0.5, 0.6) is 0 Å². The number of alkyl halides is 1. The molecule has 1 aliphatic carbocycles. The molecule has 0 aromatic rings. The maximum atomic E-state index is 11.1. The molecule has 1 rings (SSSR count). The zero-order valence-electron chi connectivity index (χ0n) is 3.80. The lowest BCUT2D eigenvalue weighted by molar-refractivity contribution is -0.122. The molecule has 1 aliphatic rings. The maximum absolute atomic E-state index is 11.1. The van der Waals surface area contributed by atoms with Crippen LogP contribution >= 0.6 is 0 Å². The Morgan fingerprint density at radius 1 is 1.71 bits per heavy atom. The normalized spacial score (nSPS) is 16.7. The largest absolute Gasteiger partial charge is 0.483 e. The lowest BCUT2D eigenvalue weighted by atomic mass is 10.9. The number of hydrogen-bond acceptors (Lipinski definition) is 1. The van der Waals surface area contributed by atoms with Gasteiger partial charge in [-0.3, -0.25) is 4.79 Å². The highest BCUT2D eigenvalue weighted by Crippen LogP contribution is 2.22. The van der Waals surface area contributed by atoms with Gasteiger partial charge in [-0.2, -0.15) is 0 Å². The summed E-state index contributed by atoms with van der Waals surface area (Å²) in [5.41, 5.74) is 0. The van der Waals surface area contributed by atoms with Crippen LogP contribution in [-0.2, 0) is 4.79 Å². The van der Waals surface area contributed by atoms with Crippen LogP contribution in [-0.4, -0.2) is 17.8 Å². The van der Waals surface area contributed by atoms with Gasteiger partial charge in [0, 0.05) is 0 Å². The second-order valence-electron chi connectivity index (χ2n) is 1.28. The van der Waals surface area contributed by atoms with E-state index in [4.69, 9.17) is 9.90 Å². The molecule has 3 heteroatoms. The van der Waals surface area contributed by atoms with E-state index in [1.807, 2.05) is 0 Å². The number of carbonyl (C=O) groups is 1. The van der Waals surface area contributed by atoms with Crippen LogP contribution < -0.4 is 0 Å². The molecule has 7 heavy (non-hydrogen) atoms. The van der Waals surface area contributed by atoms with Crippen LogP contribution in [0.1, 0.15) is 12.8 Å². The van der Waals surface area contributed by atoms with Crippen LogP contribution in [0.4, 0.5) is 4.39 Å². The minimum atomic E-state index is -0.417. The molecule has 0 spiro atoms. The van der Waals surface area contributed by atoms with E-state index in [2.05, 4.69) is 0 Å². The fraction of sp³-hybridized carbons (Fsp3) is 0.750. The molecule has 0 amide bonds. The molecule has 0 aromatic carbocycles. The minimum Gasteiger partial charge on any atom is -0.483 e. The molecule has 42 valence electrons. The Labute approximate surface area is 41.0 Å². The van der Waals surface area contributed by atoms with Gasteiger partial charge in [-0.05, 0) is 12.8 Å². The lowest BCUT2D eigenvalue weighted by Crippen LogP contribution is -1.49. The zero-order valence-corrected chi connectivity index (χ0v) is 3.80. The first-order valence-corrected chi connectivity index (χ1v) is 2.03. The standard InChI is InChI=1S/C3H5F.CH2O2/c4-3-1-2-3;2-1-3/h3H,1-2H2;1H,(H,2,3). The van der Waals surface area contributed by atoms with Crippen molar-refractivity contribution in [3.63, 3.8) is 0 Å². The zero-order chi connectivity index (χ0) is 5.70. The highest BCUT2D eigenvalue weighted by atomic mass is 19.1. The van der Waals surface area contributed by atoms with Crippen molar-refractivity contribution >= 4 is 6.47 Å².